The zero-order chi connectivity index (χ0) is 22.3. The molecule has 10 heteroatoms. The van der Waals surface area contributed by atoms with Crippen molar-refractivity contribution in [3.63, 3.8) is 0 Å². The Balaban J connectivity index is 1.68. The van der Waals surface area contributed by atoms with Gasteiger partial charge in [0.15, 0.2) is 0 Å². The predicted octanol–water partition coefficient (Wildman–Crippen LogP) is 0.0499. The van der Waals surface area contributed by atoms with E-state index in [4.69, 9.17) is 13.9 Å². The van der Waals surface area contributed by atoms with Gasteiger partial charge in [-0.15, -0.1) is 0 Å². The van der Waals surface area contributed by atoms with E-state index in [9.17, 15) is 35.4 Å². The summed E-state index contributed by atoms with van der Waals surface area (Å²) in [5, 5.41) is 58.8. The van der Waals surface area contributed by atoms with Crippen LogP contribution in [0, 0.1) is 0 Å². The lowest BCUT2D eigenvalue weighted by Crippen LogP contribution is -2.60. The molecule has 0 saturated carbocycles. The molecular formula is C21H20O10. The first kappa shape index (κ1) is 21.1. The lowest BCUT2D eigenvalue weighted by molar-refractivity contribution is -0.277. The molecule has 1 saturated heterocycles. The van der Waals surface area contributed by atoms with E-state index in [1.807, 2.05) is 0 Å². The van der Waals surface area contributed by atoms with Crippen molar-refractivity contribution < 1.29 is 44.5 Å². The van der Waals surface area contributed by atoms with E-state index in [2.05, 4.69) is 0 Å². The summed E-state index contributed by atoms with van der Waals surface area (Å²) in [6.45, 7) is -0.622. The minimum Gasteiger partial charge on any atom is -0.508 e. The van der Waals surface area contributed by atoms with Gasteiger partial charge in [-0.25, -0.2) is 0 Å². The molecule has 0 bridgehead atoms. The molecule has 3 aromatic rings. The summed E-state index contributed by atoms with van der Waals surface area (Å²) < 4.78 is 16.2. The minimum atomic E-state index is -1.64. The van der Waals surface area contributed by atoms with Crippen molar-refractivity contribution in [1.29, 1.82) is 0 Å². The maximum Gasteiger partial charge on any atom is 0.229 e. The number of aromatic hydroxyl groups is 2. The van der Waals surface area contributed by atoms with Gasteiger partial charge in [-0.2, -0.15) is 0 Å². The van der Waals surface area contributed by atoms with Crippen molar-refractivity contribution in [2.45, 2.75) is 30.7 Å². The zero-order valence-corrected chi connectivity index (χ0v) is 16.0. The normalized spacial score (nSPS) is 26.1. The molecular weight excluding hydrogens is 412 g/mol. The first-order chi connectivity index (χ1) is 14.8. The van der Waals surface area contributed by atoms with Crippen LogP contribution in [0.1, 0.15) is 0 Å². The van der Waals surface area contributed by atoms with Gasteiger partial charge < -0.3 is 44.5 Å². The van der Waals surface area contributed by atoms with Crippen molar-refractivity contribution in [2.75, 3.05) is 6.61 Å². The standard InChI is InChI=1S/C21H20O10/c22-7-15-18(26)19(27)20(28)21(31-15)30-11-5-13(24)16-14(6-11)29-8-12(17(16)25)9-1-3-10(23)4-2-9/h1-6,8,15,18-24,26-28H,7H2/t15-,18-,19+,20+,21+/m0/s1. The van der Waals surface area contributed by atoms with E-state index in [0.717, 1.165) is 6.07 Å². The average molecular weight is 432 g/mol. The number of ether oxygens (including phenoxy) is 2. The summed E-state index contributed by atoms with van der Waals surface area (Å²) in [4.78, 5) is 12.9. The molecule has 4 rings (SSSR count). The highest BCUT2D eigenvalue weighted by atomic mass is 16.7. The third-order valence-electron chi connectivity index (χ3n) is 5.11. The van der Waals surface area contributed by atoms with Crippen LogP contribution in [0.5, 0.6) is 17.2 Å². The molecule has 31 heavy (non-hydrogen) atoms. The SMILES string of the molecule is O=c1c(-c2ccc(O)cc2)coc2cc(O[C@@H]3O[C@@H](CO)[C@H](O)[C@@H](O)[C@H]3O)cc(O)c12. The van der Waals surface area contributed by atoms with Crippen LogP contribution >= 0.6 is 0 Å². The van der Waals surface area contributed by atoms with Crippen LogP contribution in [0.3, 0.4) is 0 Å². The Labute approximate surface area is 174 Å². The van der Waals surface area contributed by atoms with E-state index in [-0.39, 0.29) is 28.0 Å². The highest BCUT2D eigenvalue weighted by molar-refractivity contribution is 5.88. The zero-order valence-electron chi connectivity index (χ0n) is 16.0. The first-order valence-corrected chi connectivity index (χ1v) is 9.35. The van der Waals surface area contributed by atoms with Crippen molar-refractivity contribution >= 4 is 11.0 Å². The van der Waals surface area contributed by atoms with Gasteiger partial charge in [0.05, 0.1) is 12.2 Å². The Bertz CT molecular complexity index is 1140. The molecule has 0 unspecified atom stereocenters. The van der Waals surface area contributed by atoms with Crippen molar-refractivity contribution in [3.8, 4) is 28.4 Å². The highest BCUT2D eigenvalue weighted by Gasteiger charge is 2.44. The predicted molar refractivity (Wildman–Crippen MR) is 106 cm³/mol. The molecule has 0 aliphatic carbocycles. The number of phenolic OH excluding ortho intramolecular Hbond substituents is 2. The molecule has 164 valence electrons. The van der Waals surface area contributed by atoms with Crippen LogP contribution in [0.4, 0.5) is 0 Å². The van der Waals surface area contributed by atoms with Crippen LogP contribution in [-0.4, -0.2) is 68.0 Å². The van der Waals surface area contributed by atoms with Gasteiger partial charge in [0.2, 0.25) is 11.7 Å². The molecule has 1 aromatic heterocycles. The number of benzene rings is 2. The molecule has 0 spiro atoms. The quantitative estimate of drug-likeness (QED) is 0.331. The Kier molecular flexibility index (Phi) is 5.56. The van der Waals surface area contributed by atoms with Crippen LogP contribution in [0.2, 0.25) is 0 Å². The van der Waals surface area contributed by atoms with E-state index in [1.54, 1.807) is 0 Å². The van der Waals surface area contributed by atoms with Crippen molar-refractivity contribution in [1.82, 2.24) is 0 Å². The summed E-state index contributed by atoms with van der Waals surface area (Å²) >= 11 is 0. The minimum absolute atomic E-state index is 0.00730. The second-order valence-electron chi connectivity index (χ2n) is 7.16. The average Bonchev–Trinajstić information content (AvgIpc) is 2.75. The molecule has 6 N–H and O–H groups in total. The largest absolute Gasteiger partial charge is 0.508 e. The molecule has 10 nitrogen and oxygen atoms in total. The Morgan fingerprint density at radius 1 is 0.968 bits per heavy atom. The summed E-state index contributed by atoms with van der Waals surface area (Å²) in [5.41, 5.74) is 0.135. The van der Waals surface area contributed by atoms with E-state index >= 15 is 0 Å². The monoisotopic (exact) mass is 432 g/mol. The first-order valence-electron chi connectivity index (χ1n) is 9.35. The van der Waals surface area contributed by atoms with Crippen LogP contribution in [0.15, 0.2) is 51.9 Å². The maximum absolute atomic E-state index is 12.9. The van der Waals surface area contributed by atoms with Crippen LogP contribution in [0.25, 0.3) is 22.1 Å². The summed E-state index contributed by atoms with van der Waals surface area (Å²) in [6, 6.07) is 8.29. The summed E-state index contributed by atoms with van der Waals surface area (Å²) in [5.74, 6) is -0.465. The molecule has 2 heterocycles. The van der Waals surface area contributed by atoms with E-state index in [0.29, 0.717) is 5.56 Å². The third kappa shape index (κ3) is 3.82. The van der Waals surface area contributed by atoms with Gasteiger partial charge >= 0.3 is 0 Å². The number of rotatable bonds is 4. The number of aliphatic hydroxyl groups is 4. The van der Waals surface area contributed by atoms with Crippen molar-refractivity contribution in [2.24, 2.45) is 0 Å². The number of hydrogen-bond acceptors (Lipinski definition) is 10. The molecule has 1 aliphatic rings. The molecule has 0 amide bonds. The second-order valence-corrected chi connectivity index (χ2v) is 7.16. The summed E-state index contributed by atoms with van der Waals surface area (Å²) in [7, 11) is 0. The van der Waals surface area contributed by atoms with Gasteiger partial charge in [0, 0.05) is 12.1 Å². The lowest BCUT2D eigenvalue weighted by Gasteiger charge is -2.39. The molecule has 5 atom stereocenters. The Morgan fingerprint density at radius 3 is 2.35 bits per heavy atom. The molecule has 1 fully saturated rings. The third-order valence-corrected chi connectivity index (χ3v) is 5.11. The van der Waals surface area contributed by atoms with Gasteiger partial charge in [-0.3, -0.25) is 4.79 Å². The van der Waals surface area contributed by atoms with Crippen LogP contribution < -0.4 is 10.2 Å². The topological polar surface area (TPSA) is 170 Å². The fraction of sp³-hybridized carbons (Fsp3) is 0.286. The van der Waals surface area contributed by atoms with E-state index < -0.39 is 48.5 Å². The molecule has 1 aliphatic heterocycles. The Morgan fingerprint density at radius 2 is 1.68 bits per heavy atom. The second kappa shape index (κ2) is 8.17. The fourth-order valence-corrected chi connectivity index (χ4v) is 3.41. The number of phenols is 2. The number of fused-ring (bicyclic) bond motifs is 1. The van der Waals surface area contributed by atoms with Gasteiger partial charge in [-0.05, 0) is 17.7 Å². The van der Waals surface area contributed by atoms with E-state index in [1.165, 1.54) is 36.6 Å². The Hall–Kier alpha value is -3.15. The smallest absolute Gasteiger partial charge is 0.229 e. The fourth-order valence-electron chi connectivity index (χ4n) is 3.41. The van der Waals surface area contributed by atoms with Crippen molar-refractivity contribution in [3.05, 3.63) is 52.9 Å². The lowest BCUT2D eigenvalue weighted by atomic mass is 9.99. The molecule has 0 radical (unpaired) electrons. The van der Waals surface area contributed by atoms with Gasteiger partial charge in [0.25, 0.3) is 0 Å². The highest BCUT2D eigenvalue weighted by Crippen LogP contribution is 2.32. The maximum atomic E-state index is 12.9. The van der Waals surface area contributed by atoms with Gasteiger partial charge in [-0.1, -0.05) is 12.1 Å². The summed E-state index contributed by atoms with van der Waals surface area (Å²) in [6.07, 6.45) is -6.23. The van der Waals surface area contributed by atoms with Gasteiger partial charge in [0.1, 0.15) is 58.9 Å². The van der Waals surface area contributed by atoms with Crippen LogP contribution in [-0.2, 0) is 4.74 Å². The number of hydrogen-bond donors (Lipinski definition) is 6. The molecule has 2 aromatic carbocycles. The number of aliphatic hydroxyl groups excluding tert-OH is 4.